The lowest BCUT2D eigenvalue weighted by atomic mass is 9.79. The normalized spacial score (nSPS) is 13.3. The number of aromatic nitrogens is 2. The molecule has 4 nitrogen and oxygen atoms in total. The van der Waals surface area contributed by atoms with Crippen LogP contribution >= 0.6 is 0 Å². The van der Waals surface area contributed by atoms with E-state index in [0.29, 0.717) is 0 Å². The molecule has 2 N–H and O–H groups in total. The molecule has 1 aromatic carbocycles. The Kier molecular flexibility index (Phi) is 4.44. The van der Waals surface area contributed by atoms with Crippen molar-refractivity contribution in [3.8, 4) is 0 Å². The van der Waals surface area contributed by atoms with Crippen LogP contribution in [-0.2, 0) is 10.8 Å². The van der Waals surface area contributed by atoms with Crippen LogP contribution in [0.1, 0.15) is 58.2 Å². The topological polar surface area (TPSA) is 65.7 Å². The van der Waals surface area contributed by atoms with E-state index in [1.165, 1.54) is 11.1 Å². The molecular formula is C20H26N2O2. The van der Waals surface area contributed by atoms with Gasteiger partial charge in [-0.2, -0.15) is 0 Å². The van der Waals surface area contributed by atoms with Crippen molar-refractivity contribution in [1.29, 1.82) is 0 Å². The molecule has 1 aromatic heterocycles. The van der Waals surface area contributed by atoms with Gasteiger partial charge in [0.25, 0.3) is 11.1 Å². The van der Waals surface area contributed by atoms with Gasteiger partial charge in [-0.25, -0.2) is 0 Å². The molecule has 0 spiro atoms. The van der Waals surface area contributed by atoms with Gasteiger partial charge in [-0.1, -0.05) is 66.3 Å². The summed E-state index contributed by atoms with van der Waals surface area (Å²) in [5, 5.41) is 0.300. The molecule has 0 radical (unpaired) electrons. The number of H-pyrrole nitrogens is 2. The fraction of sp³-hybridized carbons (Fsp3) is 0.400. The molecule has 0 amide bonds. The van der Waals surface area contributed by atoms with Crippen LogP contribution in [0.15, 0.2) is 27.8 Å². The van der Waals surface area contributed by atoms with Gasteiger partial charge in [0, 0.05) is 0 Å². The highest BCUT2D eigenvalue weighted by atomic mass is 16.1. The van der Waals surface area contributed by atoms with Crippen molar-refractivity contribution >= 4 is 12.7 Å². The smallest absolute Gasteiger partial charge is 0.272 e. The van der Waals surface area contributed by atoms with Gasteiger partial charge in [0.1, 0.15) is 5.35 Å². The quantitative estimate of drug-likeness (QED) is 0.840. The van der Waals surface area contributed by atoms with Crippen LogP contribution in [0.2, 0.25) is 0 Å². The number of nitrogens with one attached hydrogen (secondary N) is 2. The molecule has 0 aliphatic carbocycles. The lowest BCUT2D eigenvalue weighted by Crippen LogP contribution is -2.46. The van der Waals surface area contributed by atoms with Gasteiger partial charge in [0.05, 0.1) is 5.35 Å². The number of aromatic amines is 2. The predicted octanol–water partition coefficient (Wildman–Crippen LogP) is 1.90. The highest BCUT2D eigenvalue weighted by Crippen LogP contribution is 2.30. The van der Waals surface area contributed by atoms with E-state index < -0.39 is 0 Å². The van der Waals surface area contributed by atoms with Crippen molar-refractivity contribution in [2.24, 2.45) is 0 Å². The molecule has 128 valence electrons. The van der Waals surface area contributed by atoms with Crippen LogP contribution in [0.4, 0.5) is 0 Å². The Morgan fingerprint density at radius 3 is 1.79 bits per heavy atom. The summed E-state index contributed by atoms with van der Waals surface area (Å²) in [7, 11) is 0. The van der Waals surface area contributed by atoms with Crippen LogP contribution in [-0.4, -0.2) is 9.97 Å². The van der Waals surface area contributed by atoms with Crippen molar-refractivity contribution in [1.82, 2.24) is 9.97 Å². The molecule has 2 aromatic rings. The van der Waals surface area contributed by atoms with E-state index in [0.717, 1.165) is 5.56 Å². The maximum absolute atomic E-state index is 12.1. The summed E-state index contributed by atoms with van der Waals surface area (Å²) in [5.74, 6) is 0. The minimum atomic E-state index is -0.385. The van der Waals surface area contributed by atoms with Crippen LogP contribution in [0.25, 0.3) is 12.7 Å². The SMILES string of the molecule is C=c1[nH]c(=O)/c(=C/c2cc(C(C)(C)C)cc(C(C)(C)C)c2)[nH]c1=O. The second-order valence-electron chi connectivity index (χ2n) is 8.29. The Morgan fingerprint density at radius 1 is 0.833 bits per heavy atom. The Labute approximate surface area is 142 Å². The highest BCUT2D eigenvalue weighted by Gasteiger charge is 2.20. The van der Waals surface area contributed by atoms with E-state index in [4.69, 9.17) is 0 Å². The maximum Gasteiger partial charge on any atom is 0.272 e. The largest absolute Gasteiger partial charge is 0.317 e. The number of rotatable bonds is 1. The molecule has 2 rings (SSSR count). The van der Waals surface area contributed by atoms with Crippen LogP contribution in [0.5, 0.6) is 0 Å². The van der Waals surface area contributed by atoms with E-state index in [2.05, 4.69) is 76.3 Å². The van der Waals surface area contributed by atoms with Crippen molar-refractivity contribution in [2.45, 2.75) is 52.4 Å². The summed E-state index contributed by atoms with van der Waals surface area (Å²) in [6.45, 7) is 16.5. The molecule has 0 aliphatic rings. The van der Waals surface area contributed by atoms with E-state index >= 15 is 0 Å². The molecule has 0 fully saturated rings. The third kappa shape index (κ3) is 3.94. The van der Waals surface area contributed by atoms with Gasteiger partial charge in [-0.05, 0) is 33.6 Å². The molecule has 4 heteroatoms. The predicted molar refractivity (Wildman–Crippen MR) is 99.9 cm³/mol. The fourth-order valence-corrected chi connectivity index (χ4v) is 2.38. The second kappa shape index (κ2) is 5.93. The Morgan fingerprint density at radius 2 is 1.33 bits per heavy atom. The molecule has 0 saturated heterocycles. The average Bonchev–Trinajstić information content (AvgIpc) is 2.42. The van der Waals surface area contributed by atoms with Gasteiger partial charge < -0.3 is 9.97 Å². The monoisotopic (exact) mass is 326 g/mol. The van der Waals surface area contributed by atoms with E-state index in [1.807, 2.05) is 0 Å². The first-order valence-electron chi connectivity index (χ1n) is 8.07. The van der Waals surface area contributed by atoms with Gasteiger partial charge in [-0.15, -0.1) is 0 Å². The Balaban J connectivity index is 2.78. The second-order valence-corrected chi connectivity index (χ2v) is 8.29. The zero-order valence-corrected chi connectivity index (χ0v) is 15.3. The average molecular weight is 326 g/mol. The van der Waals surface area contributed by atoms with Gasteiger partial charge in [0.2, 0.25) is 0 Å². The van der Waals surface area contributed by atoms with Crippen LogP contribution in [0.3, 0.4) is 0 Å². The molecule has 0 bridgehead atoms. The lowest BCUT2D eigenvalue weighted by molar-refractivity contribution is 0.568. The molecule has 0 atom stereocenters. The summed E-state index contributed by atoms with van der Waals surface area (Å²) < 4.78 is 0. The van der Waals surface area contributed by atoms with Gasteiger partial charge in [0.15, 0.2) is 0 Å². The fourth-order valence-electron chi connectivity index (χ4n) is 2.38. The Hall–Kier alpha value is -2.36. The van der Waals surface area contributed by atoms with Crippen LogP contribution < -0.4 is 21.8 Å². The molecule has 0 saturated carbocycles. The highest BCUT2D eigenvalue weighted by molar-refractivity contribution is 5.53. The molecule has 24 heavy (non-hydrogen) atoms. The lowest BCUT2D eigenvalue weighted by Gasteiger charge is -2.25. The van der Waals surface area contributed by atoms with E-state index in [-0.39, 0.29) is 32.6 Å². The first kappa shape index (κ1) is 18.0. The summed E-state index contributed by atoms with van der Waals surface area (Å²) in [6.07, 6.45) is 1.71. The molecular weight excluding hydrogens is 300 g/mol. The van der Waals surface area contributed by atoms with Gasteiger partial charge in [-0.3, -0.25) is 9.59 Å². The summed E-state index contributed by atoms with van der Waals surface area (Å²) in [4.78, 5) is 28.9. The first-order valence-corrected chi connectivity index (χ1v) is 8.07. The van der Waals surface area contributed by atoms with Crippen molar-refractivity contribution in [2.75, 3.05) is 0 Å². The summed E-state index contributed by atoms with van der Waals surface area (Å²) in [6, 6.07) is 6.33. The van der Waals surface area contributed by atoms with E-state index in [1.54, 1.807) is 6.08 Å². The van der Waals surface area contributed by atoms with Gasteiger partial charge >= 0.3 is 0 Å². The first-order chi connectivity index (χ1) is 10.9. The number of hydrogen-bond donors (Lipinski definition) is 2. The molecule has 0 unspecified atom stereocenters. The van der Waals surface area contributed by atoms with E-state index in [9.17, 15) is 9.59 Å². The maximum atomic E-state index is 12.1. The zero-order valence-electron chi connectivity index (χ0n) is 15.3. The molecule has 0 aliphatic heterocycles. The number of hydrogen-bond acceptors (Lipinski definition) is 2. The standard InChI is InChI=1S/C20H26N2O2/c1-12-17(23)22-16(18(24)21-12)10-13-8-14(19(2,3)4)11-15(9-13)20(5,6)7/h8-11H,1H2,2-7H3,(H,21,24)(H,22,23)/b16-10-. The third-order valence-electron chi connectivity index (χ3n) is 4.03. The summed E-state index contributed by atoms with van der Waals surface area (Å²) >= 11 is 0. The molecule has 1 heterocycles. The Bertz CT molecular complexity index is 948. The minimum absolute atomic E-state index is 0.0130. The zero-order chi connectivity index (χ0) is 18.3. The number of benzene rings is 1. The van der Waals surface area contributed by atoms with Crippen LogP contribution in [0, 0.1) is 0 Å². The van der Waals surface area contributed by atoms with Crippen molar-refractivity contribution in [3.05, 3.63) is 66.3 Å². The van der Waals surface area contributed by atoms with Crippen molar-refractivity contribution < 1.29 is 0 Å². The third-order valence-corrected chi connectivity index (χ3v) is 4.03. The summed E-state index contributed by atoms with van der Waals surface area (Å²) in [5.41, 5.74) is 2.51. The van der Waals surface area contributed by atoms with Crippen molar-refractivity contribution in [3.63, 3.8) is 0 Å². The minimum Gasteiger partial charge on any atom is -0.317 e.